The maximum atomic E-state index is 10.6. The smallest absolute Gasteiger partial charge is 0.304 e. The van der Waals surface area contributed by atoms with Crippen molar-refractivity contribution >= 4 is 17.6 Å². The molecule has 2 rings (SSSR count). The molecule has 1 saturated heterocycles. The van der Waals surface area contributed by atoms with Gasteiger partial charge in [-0.15, -0.1) is 0 Å². The number of halogens is 1. The van der Waals surface area contributed by atoms with Gasteiger partial charge in [-0.1, -0.05) is 23.7 Å². The molecule has 0 spiro atoms. The van der Waals surface area contributed by atoms with Crippen LogP contribution in [0.1, 0.15) is 24.3 Å². The lowest BCUT2D eigenvalue weighted by atomic mass is 9.88. The van der Waals surface area contributed by atoms with Crippen molar-refractivity contribution in [1.82, 2.24) is 4.90 Å². The molecule has 4 nitrogen and oxygen atoms in total. The van der Waals surface area contributed by atoms with Crippen LogP contribution in [0, 0.1) is 0 Å². The zero-order chi connectivity index (χ0) is 13.8. The third kappa shape index (κ3) is 4.20. The molecule has 0 amide bonds. The molecular weight excluding hydrogens is 264 g/mol. The van der Waals surface area contributed by atoms with E-state index in [2.05, 4.69) is 11.0 Å². The first-order valence-electron chi connectivity index (χ1n) is 6.50. The van der Waals surface area contributed by atoms with E-state index in [-0.39, 0.29) is 12.5 Å². The zero-order valence-electron chi connectivity index (χ0n) is 10.8. The molecule has 3 N–H and O–H groups in total. The Morgan fingerprint density at radius 3 is 2.95 bits per heavy atom. The predicted molar refractivity (Wildman–Crippen MR) is 75.5 cm³/mol. The lowest BCUT2D eigenvalue weighted by molar-refractivity contribution is -0.137. The SMILES string of the molecule is NC1CC(c2cccc(Cl)c2)CN(CCC(=O)O)C1. The second kappa shape index (κ2) is 6.37. The molecule has 5 heteroatoms. The Labute approximate surface area is 118 Å². The summed E-state index contributed by atoms with van der Waals surface area (Å²) in [5.74, 6) is -0.435. The topological polar surface area (TPSA) is 66.6 Å². The van der Waals surface area contributed by atoms with Crippen molar-refractivity contribution < 1.29 is 9.90 Å². The molecule has 0 aromatic heterocycles. The normalized spacial score (nSPS) is 24.3. The number of hydrogen-bond acceptors (Lipinski definition) is 3. The molecule has 1 aromatic carbocycles. The van der Waals surface area contributed by atoms with Crippen LogP contribution in [0.15, 0.2) is 24.3 Å². The van der Waals surface area contributed by atoms with Crippen molar-refractivity contribution in [1.29, 1.82) is 0 Å². The van der Waals surface area contributed by atoms with Crippen LogP contribution in [-0.4, -0.2) is 41.7 Å². The van der Waals surface area contributed by atoms with Gasteiger partial charge in [0.2, 0.25) is 0 Å². The highest BCUT2D eigenvalue weighted by Gasteiger charge is 2.26. The lowest BCUT2D eigenvalue weighted by Gasteiger charge is -2.36. The van der Waals surface area contributed by atoms with Crippen LogP contribution in [-0.2, 0) is 4.79 Å². The van der Waals surface area contributed by atoms with Crippen molar-refractivity contribution in [2.24, 2.45) is 5.73 Å². The van der Waals surface area contributed by atoms with E-state index in [0.717, 1.165) is 24.5 Å². The summed E-state index contributed by atoms with van der Waals surface area (Å²) < 4.78 is 0. The van der Waals surface area contributed by atoms with E-state index >= 15 is 0 Å². The van der Waals surface area contributed by atoms with Gasteiger partial charge in [0.1, 0.15) is 0 Å². The summed E-state index contributed by atoms with van der Waals surface area (Å²) >= 11 is 6.02. The Bertz CT molecular complexity index is 453. The van der Waals surface area contributed by atoms with Crippen LogP contribution in [0.25, 0.3) is 0 Å². The highest BCUT2D eigenvalue weighted by molar-refractivity contribution is 6.30. The van der Waals surface area contributed by atoms with E-state index in [1.165, 1.54) is 5.56 Å². The number of carboxylic acids is 1. The van der Waals surface area contributed by atoms with Gasteiger partial charge in [-0.05, 0) is 30.0 Å². The number of hydrogen-bond donors (Lipinski definition) is 2. The van der Waals surface area contributed by atoms with Crippen LogP contribution in [0.2, 0.25) is 5.02 Å². The van der Waals surface area contributed by atoms with Gasteiger partial charge < -0.3 is 15.7 Å². The van der Waals surface area contributed by atoms with Crippen LogP contribution in [0.3, 0.4) is 0 Å². The number of nitrogens with zero attached hydrogens (tertiary/aromatic N) is 1. The fraction of sp³-hybridized carbons (Fsp3) is 0.500. The molecule has 104 valence electrons. The molecule has 0 aliphatic carbocycles. The summed E-state index contributed by atoms with van der Waals surface area (Å²) in [6, 6.07) is 7.92. The van der Waals surface area contributed by atoms with Crippen LogP contribution < -0.4 is 5.73 Å². The fourth-order valence-corrected chi connectivity index (χ4v) is 2.87. The second-order valence-corrected chi connectivity index (χ2v) is 5.59. The third-order valence-corrected chi connectivity index (χ3v) is 3.76. The van der Waals surface area contributed by atoms with E-state index in [1.54, 1.807) is 0 Å². The van der Waals surface area contributed by atoms with Crippen molar-refractivity contribution in [3.63, 3.8) is 0 Å². The Kier molecular flexibility index (Phi) is 4.80. The predicted octanol–water partition coefficient (Wildman–Crippen LogP) is 1.93. The van der Waals surface area contributed by atoms with Gasteiger partial charge in [-0.2, -0.15) is 0 Å². The molecule has 1 aliphatic rings. The quantitative estimate of drug-likeness (QED) is 0.886. The fourth-order valence-electron chi connectivity index (χ4n) is 2.67. The summed E-state index contributed by atoms with van der Waals surface area (Å²) in [6.07, 6.45) is 1.08. The van der Waals surface area contributed by atoms with Crippen molar-refractivity contribution in [2.45, 2.75) is 24.8 Å². The van der Waals surface area contributed by atoms with E-state index in [0.29, 0.717) is 12.5 Å². The Hall–Kier alpha value is -1.10. The number of benzene rings is 1. The van der Waals surface area contributed by atoms with Gasteiger partial charge in [0.05, 0.1) is 6.42 Å². The molecule has 1 aliphatic heterocycles. The van der Waals surface area contributed by atoms with Gasteiger partial charge >= 0.3 is 5.97 Å². The highest BCUT2D eigenvalue weighted by Crippen LogP contribution is 2.28. The number of rotatable bonds is 4. The monoisotopic (exact) mass is 282 g/mol. The number of nitrogens with two attached hydrogens (primary N) is 1. The highest BCUT2D eigenvalue weighted by atomic mass is 35.5. The van der Waals surface area contributed by atoms with E-state index in [9.17, 15) is 4.79 Å². The first-order chi connectivity index (χ1) is 9.04. The Morgan fingerprint density at radius 1 is 1.47 bits per heavy atom. The minimum absolute atomic E-state index is 0.0894. The zero-order valence-corrected chi connectivity index (χ0v) is 11.5. The molecule has 0 bridgehead atoms. The first-order valence-corrected chi connectivity index (χ1v) is 6.87. The summed E-state index contributed by atoms with van der Waals surface area (Å²) in [5, 5.41) is 9.48. The summed E-state index contributed by atoms with van der Waals surface area (Å²) in [5.41, 5.74) is 7.26. The number of piperidine rings is 1. The number of carboxylic acid groups (broad SMARTS) is 1. The molecule has 19 heavy (non-hydrogen) atoms. The molecule has 0 radical (unpaired) electrons. The third-order valence-electron chi connectivity index (χ3n) is 3.52. The maximum Gasteiger partial charge on any atom is 0.304 e. The van der Waals surface area contributed by atoms with Gasteiger partial charge in [0, 0.05) is 30.7 Å². The van der Waals surface area contributed by atoms with Crippen LogP contribution in [0.5, 0.6) is 0 Å². The maximum absolute atomic E-state index is 10.6. The minimum atomic E-state index is -0.765. The molecular formula is C14H19ClN2O2. The van der Waals surface area contributed by atoms with Crippen LogP contribution >= 0.6 is 11.6 Å². The lowest BCUT2D eigenvalue weighted by Crippen LogP contribution is -2.46. The molecule has 1 aromatic rings. The second-order valence-electron chi connectivity index (χ2n) is 5.15. The van der Waals surface area contributed by atoms with Crippen molar-refractivity contribution in [3.8, 4) is 0 Å². The molecule has 2 atom stereocenters. The van der Waals surface area contributed by atoms with Gasteiger partial charge in [0.15, 0.2) is 0 Å². The summed E-state index contributed by atoms with van der Waals surface area (Å²) in [6.45, 7) is 2.17. The average molecular weight is 283 g/mol. The number of carbonyl (C=O) groups is 1. The first kappa shape index (κ1) is 14.3. The summed E-state index contributed by atoms with van der Waals surface area (Å²) in [4.78, 5) is 12.8. The van der Waals surface area contributed by atoms with Crippen molar-refractivity contribution in [3.05, 3.63) is 34.9 Å². The van der Waals surface area contributed by atoms with Gasteiger partial charge in [-0.3, -0.25) is 4.79 Å². The Morgan fingerprint density at radius 2 is 2.26 bits per heavy atom. The average Bonchev–Trinajstić information content (AvgIpc) is 2.36. The van der Waals surface area contributed by atoms with E-state index < -0.39 is 5.97 Å². The van der Waals surface area contributed by atoms with Crippen LogP contribution in [0.4, 0.5) is 0 Å². The van der Waals surface area contributed by atoms with Crippen molar-refractivity contribution in [2.75, 3.05) is 19.6 Å². The molecule has 1 heterocycles. The van der Waals surface area contributed by atoms with Gasteiger partial charge in [-0.25, -0.2) is 0 Å². The minimum Gasteiger partial charge on any atom is -0.481 e. The standard InChI is InChI=1S/C14H19ClN2O2/c15-12-3-1-2-10(6-12)11-7-13(16)9-17(8-11)5-4-14(18)19/h1-3,6,11,13H,4-5,7-9,16H2,(H,18,19). The van der Waals surface area contributed by atoms with E-state index in [4.69, 9.17) is 22.4 Å². The Balaban J connectivity index is 2.03. The number of likely N-dealkylation sites (tertiary alicyclic amines) is 1. The molecule has 1 fully saturated rings. The molecule has 0 saturated carbocycles. The van der Waals surface area contributed by atoms with Gasteiger partial charge in [0.25, 0.3) is 0 Å². The summed E-state index contributed by atoms with van der Waals surface area (Å²) in [7, 11) is 0. The van der Waals surface area contributed by atoms with E-state index in [1.807, 2.05) is 18.2 Å². The molecule has 2 unspecified atom stereocenters. The number of aliphatic carboxylic acids is 1. The largest absolute Gasteiger partial charge is 0.481 e.